The molecule has 0 radical (unpaired) electrons. The third-order valence-electron chi connectivity index (χ3n) is 2.06. The molecule has 1 aromatic heterocycles. The SMILES string of the molecule is CCNCCCCS(=O)(=O)Nc1ccsc1. The molecule has 0 aliphatic carbocycles. The fourth-order valence-corrected chi connectivity index (χ4v) is 3.11. The van der Waals surface area contributed by atoms with Gasteiger partial charge in [-0.1, -0.05) is 6.92 Å². The number of unbranched alkanes of at least 4 members (excludes halogenated alkanes) is 1. The van der Waals surface area contributed by atoms with E-state index in [9.17, 15) is 8.42 Å². The van der Waals surface area contributed by atoms with Crippen molar-refractivity contribution >= 4 is 27.0 Å². The fourth-order valence-electron chi connectivity index (χ4n) is 1.27. The van der Waals surface area contributed by atoms with Crippen LogP contribution in [0, 0.1) is 0 Å². The smallest absolute Gasteiger partial charge is 0.232 e. The van der Waals surface area contributed by atoms with Gasteiger partial charge < -0.3 is 5.32 Å². The molecule has 0 atom stereocenters. The lowest BCUT2D eigenvalue weighted by molar-refractivity contribution is 0.593. The van der Waals surface area contributed by atoms with E-state index in [1.807, 2.05) is 12.3 Å². The van der Waals surface area contributed by atoms with Gasteiger partial charge in [0.25, 0.3) is 0 Å². The van der Waals surface area contributed by atoms with E-state index >= 15 is 0 Å². The van der Waals surface area contributed by atoms with Crippen molar-refractivity contribution in [1.82, 2.24) is 5.32 Å². The molecule has 0 aliphatic rings. The lowest BCUT2D eigenvalue weighted by atomic mass is 10.3. The van der Waals surface area contributed by atoms with Crippen LogP contribution >= 0.6 is 11.3 Å². The first-order valence-corrected chi connectivity index (χ1v) is 7.97. The summed E-state index contributed by atoms with van der Waals surface area (Å²) in [5.74, 6) is 0.189. The Morgan fingerprint density at radius 2 is 2.19 bits per heavy atom. The minimum Gasteiger partial charge on any atom is -0.317 e. The van der Waals surface area contributed by atoms with Crippen LogP contribution in [0.3, 0.4) is 0 Å². The molecular formula is C10H18N2O2S2. The van der Waals surface area contributed by atoms with E-state index in [1.54, 1.807) is 11.4 Å². The predicted octanol–water partition coefficient (Wildman–Crippen LogP) is 1.88. The Hall–Kier alpha value is -0.590. The van der Waals surface area contributed by atoms with Crippen LogP contribution in [-0.4, -0.2) is 27.3 Å². The van der Waals surface area contributed by atoms with Gasteiger partial charge in [-0.3, -0.25) is 4.72 Å². The largest absolute Gasteiger partial charge is 0.317 e. The van der Waals surface area contributed by atoms with Crippen molar-refractivity contribution in [1.29, 1.82) is 0 Å². The van der Waals surface area contributed by atoms with Gasteiger partial charge in [0.2, 0.25) is 10.0 Å². The van der Waals surface area contributed by atoms with Gasteiger partial charge in [0, 0.05) is 5.38 Å². The second kappa shape index (κ2) is 6.88. The van der Waals surface area contributed by atoms with Gasteiger partial charge in [-0.25, -0.2) is 8.42 Å². The number of nitrogens with one attached hydrogen (secondary N) is 2. The Morgan fingerprint density at radius 1 is 1.38 bits per heavy atom. The second-order valence-electron chi connectivity index (χ2n) is 3.49. The Balaban J connectivity index is 2.24. The average molecular weight is 262 g/mol. The van der Waals surface area contributed by atoms with Crippen molar-refractivity contribution in [3.8, 4) is 0 Å². The molecule has 0 aliphatic heterocycles. The molecule has 4 nitrogen and oxygen atoms in total. The van der Waals surface area contributed by atoms with Crippen LogP contribution in [0.5, 0.6) is 0 Å². The molecular weight excluding hydrogens is 244 g/mol. The molecule has 0 fully saturated rings. The van der Waals surface area contributed by atoms with Crippen molar-refractivity contribution in [3.63, 3.8) is 0 Å². The van der Waals surface area contributed by atoms with Crippen molar-refractivity contribution in [2.24, 2.45) is 0 Å². The summed E-state index contributed by atoms with van der Waals surface area (Å²) < 4.78 is 25.8. The minimum absolute atomic E-state index is 0.189. The van der Waals surface area contributed by atoms with E-state index in [4.69, 9.17) is 0 Å². The van der Waals surface area contributed by atoms with E-state index in [2.05, 4.69) is 10.0 Å². The number of sulfonamides is 1. The van der Waals surface area contributed by atoms with Gasteiger partial charge in [0.1, 0.15) is 0 Å². The van der Waals surface area contributed by atoms with Crippen LogP contribution in [0.1, 0.15) is 19.8 Å². The highest BCUT2D eigenvalue weighted by Gasteiger charge is 2.09. The molecule has 1 heterocycles. The fraction of sp³-hybridized carbons (Fsp3) is 0.600. The van der Waals surface area contributed by atoms with Crippen LogP contribution < -0.4 is 10.0 Å². The third kappa shape index (κ3) is 5.48. The topological polar surface area (TPSA) is 58.2 Å². The molecule has 6 heteroatoms. The molecule has 16 heavy (non-hydrogen) atoms. The molecule has 1 rings (SSSR count). The number of thiophene rings is 1. The van der Waals surface area contributed by atoms with Crippen molar-refractivity contribution in [2.45, 2.75) is 19.8 Å². The van der Waals surface area contributed by atoms with Gasteiger partial charge in [0.05, 0.1) is 11.4 Å². The first-order chi connectivity index (χ1) is 7.64. The standard InChI is InChI=1S/C10H18N2O2S2/c1-2-11-6-3-4-8-16(13,14)12-10-5-7-15-9-10/h5,7,9,11-12H,2-4,6,8H2,1H3. The number of hydrogen-bond donors (Lipinski definition) is 2. The van der Waals surface area contributed by atoms with Crippen LogP contribution in [0.15, 0.2) is 16.8 Å². The zero-order valence-corrected chi connectivity index (χ0v) is 11.0. The monoisotopic (exact) mass is 262 g/mol. The molecule has 0 spiro atoms. The maximum Gasteiger partial charge on any atom is 0.232 e. The lowest BCUT2D eigenvalue weighted by Crippen LogP contribution is -2.19. The molecule has 0 aromatic carbocycles. The highest BCUT2D eigenvalue weighted by molar-refractivity contribution is 7.92. The maximum atomic E-state index is 11.6. The summed E-state index contributed by atoms with van der Waals surface area (Å²) in [7, 11) is -3.16. The molecule has 0 saturated carbocycles. The molecule has 1 aromatic rings. The normalized spacial score (nSPS) is 11.6. The maximum absolute atomic E-state index is 11.6. The molecule has 0 amide bonds. The van der Waals surface area contributed by atoms with Crippen LogP contribution in [-0.2, 0) is 10.0 Å². The summed E-state index contributed by atoms with van der Waals surface area (Å²) in [6.45, 7) is 3.85. The molecule has 0 unspecified atom stereocenters. The molecule has 2 N–H and O–H groups in total. The van der Waals surface area contributed by atoms with Crippen molar-refractivity contribution < 1.29 is 8.42 Å². The van der Waals surface area contributed by atoms with E-state index in [-0.39, 0.29) is 5.75 Å². The third-order valence-corrected chi connectivity index (χ3v) is 4.12. The summed E-state index contributed by atoms with van der Waals surface area (Å²) in [4.78, 5) is 0. The van der Waals surface area contributed by atoms with E-state index in [1.165, 1.54) is 11.3 Å². The summed E-state index contributed by atoms with van der Waals surface area (Å²) in [5, 5.41) is 6.80. The zero-order chi connectivity index (χ0) is 11.9. The van der Waals surface area contributed by atoms with E-state index in [0.29, 0.717) is 12.1 Å². The minimum atomic E-state index is -3.16. The second-order valence-corrected chi connectivity index (χ2v) is 6.12. The molecule has 0 saturated heterocycles. The average Bonchev–Trinajstić information content (AvgIpc) is 2.69. The van der Waals surface area contributed by atoms with Crippen molar-refractivity contribution in [3.05, 3.63) is 16.8 Å². The van der Waals surface area contributed by atoms with Crippen LogP contribution in [0.4, 0.5) is 5.69 Å². The number of anilines is 1. The summed E-state index contributed by atoms with van der Waals surface area (Å²) in [6, 6.07) is 1.76. The highest BCUT2D eigenvalue weighted by Crippen LogP contribution is 2.14. The van der Waals surface area contributed by atoms with Gasteiger partial charge >= 0.3 is 0 Å². The highest BCUT2D eigenvalue weighted by atomic mass is 32.2. The lowest BCUT2D eigenvalue weighted by Gasteiger charge is -2.06. The number of rotatable bonds is 8. The first-order valence-electron chi connectivity index (χ1n) is 5.37. The van der Waals surface area contributed by atoms with Crippen LogP contribution in [0.25, 0.3) is 0 Å². The van der Waals surface area contributed by atoms with Crippen LogP contribution in [0.2, 0.25) is 0 Å². The Bertz CT molecular complexity index is 374. The summed E-state index contributed by atoms with van der Waals surface area (Å²) in [6.07, 6.45) is 1.57. The van der Waals surface area contributed by atoms with E-state index in [0.717, 1.165) is 19.5 Å². The zero-order valence-electron chi connectivity index (χ0n) is 9.40. The predicted molar refractivity (Wildman–Crippen MR) is 69.5 cm³/mol. The Labute approximate surface area is 101 Å². The van der Waals surface area contributed by atoms with Crippen molar-refractivity contribution in [2.75, 3.05) is 23.6 Å². The summed E-state index contributed by atoms with van der Waals surface area (Å²) in [5.41, 5.74) is 0.664. The number of hydrogen-bond acceptors (Lipinski definition) is 4. The van der Waals surface area contributed by atoms with Gasteiger partial charge in [0.15, 0.2) is 0 Å². The van der Waals surface area contributed by atoms with Gasteiger partial charge in [-0.15, -0.1) is 0 Å². The van der Waals surface area contributed by atoms with Gasteiger partial charge in [-0.05, 0) is 37.4 Å². The molecule has 0 bridgehead atoms. The summed E-state index contributed by atoms with van der Waals surface area (Å²) >= 11 is 1.48. The first kappa shape index (κ1) is 13.5. The Kier molecular flexibility index (Phi) is 5.79. The molecule has 92 valence electrons. The van der Waals surface area contributed by atoms with E-state index < -0.39 is 10.0 Å². The Morgan fingerprint density at radius 3 is 2.81 bits per heavy atom. The quantitative estimate of drug-likeness (QED) is 0.703. The van der Waals surface area contributed by atoms with Gasteiger partial charge in [-0.2, -0.15) is 11.3 Å².